The highest BCUT2D eigenvalue weighted by molar-refractivity contribution is 8.00. The van der Waals surface area contributed by atoms with Crippen LogP contribution in [-0.4, -0.2) is 59.1 Å². The molecule has 4 rings (SSSR count). The topological polar surface area (TPSA) is 95.5 Å². The Morgan fingerprint density at radius 3 is 2.47 bits per heavy atom. The van der Waals surface area contributed by atoms with Crippen molar-refractivity contribution in [1.29, 1.82) is 0 Å². The first-order chi connectivity index (χ1) is 14.7. The van der Waals surface area contributed by atoms with Gasteiger partial charge in [-0.15, -0.1) is 10.2 Å². The Bertz CT molecular complexity index is 988. The minimum absolute atomic E-state index is 0.0171. The molecule has 2 heterocycles. The van der Waals surface area contributed by atoms with Crippen molar-refractivity contribution in [2.24, 2.45) is 0 Å². The normalized spacial score (nSPS) is 15.0. The van der Waals surface area contributed by atoms with Gasteiger partial charge in [0.15, 0.2) is 5.82 Å². The molecule has 1 atom stereocenters. The van der Waals surface area contributed by atoms with Crippen LogP contribution in [0.5, 0.6) is 5.75 Å². The minimum Gasteiger partial charge on any atom is -0.497 e. The molecule has 1 aromatic heterocycles. The molecular weight excluding hydrogens is 402 g/mol. The lowest BCUT2D eigenvalue weighted by Gasteiger charge is -2.30. The van der Waals surface area contributed by atoms with E-state index in [1.54, 1.807) is 7.11 Å². The van der Waals surface area contributed by atoms with E-state index in [1.165, 1.54) is 16.4 Å². The number of nitrogens with two attached hydrogens (primary N) is 1. The molecule has 1 amide bonds. The van der Waals surface area contributed by atoms with Crippen molar-refractivity contribution in [1.82, 2.24) is 19.8 Å². The molecule has 1 saturated heterocycles. The predicted molar refractivity (Wildman–Crippen MR) is 115 cm³/mol. The van der Waals surface area contributed by atoms with Gasteiger partial charge in [-0.1, -0.05) is 42.1 Å². The number of rotatable bonds is 6. The lowest BCUT2D eigenvalue weighted by Crippen LogP contribution is -2.42. The molecule has 1 aliphatic rings. The molecule has 2 N–H and O–H groups in total. The maximum Gasteiger partial charge on any atom is 0.240 e. The number of aromatic nitrogens is 3. The van der Waals surface area contributed by atoms with Crippen LogP contribution >= 0.6 is 11.8 Å². The van der Waals surface area contributed by atoms with Crippen molar-refractivity contribution in [3.63, 3.8) is 0 Å². The number of methoxy groups -OCH3 is 1. The largest absolute Gasteiger partial charge is 0.497 e. The second-order valence-electron chi connectivity index (χ2n) is 6.75. The van der Waals surface area contributed by atoms with Crippen molar-refractivity contribution in [2.75, 3.05) is 39.3 Å². The highest BCUT2D eigenvalue weighted by atomic mass is 32.2. The van der Waals surface area contributed by atoms with Gasteiger partial charge in [0.25, 0.3) is 0 Å². The van der Waals surface area contributed by atoms with E-state index in [1.807, 2.05) is 59.5 Å². The van der Waals surface area contributed by atoms with Crippen LogP contribution in [0, 0.1) is 0 Å². The summed E-state index contributed by atoms with van der Waals surface area (Å²) in [6, 6.07) is 17.1. The average Bonchev–Trinajstić information content (AvgIpc) is 3.18. The molecular formula is C21H23N5O3S. The lowest BCUT2D eigenvalue weighted by molar-refractivity contribution is -0.134. The summed E-state index contributed by atoms with van der Waals surface area (Å²) in [5.41, 5.74) is 1.71. The average molecular weight is 426 g/mol. The van der Waals surface area contributed by atoms with Gasteiger partial charge in [-0.25, -0.2) is 4.68 Å². The summed E-state index contributed by atoms with van der Waals surface area (Å²) in [6.45, 7) is 2.25. The van der Waals surface area contributed by atoms with Gasteiger partial charge in [0.05, 0.1) is 20.3 Å². The number of amides is 1. The maximum atomic E-state index is 13.3. The third-order valence-corrected chi connectivity index (χ3v) is 6.08. The monoisotopic (exact) mass is 425 g/mol. The Morgan fingerprint density at radius 2 is 1.80 bits per heavy atom. The Morgan fingerprint density at radius 1 is 1.10 bits per heavy atom. The van der Waals surface area contributed by atoms with Gasteiger partial charge in [0.1, 0.15) is 11.0 Å². The first kappa shape index (κ1) is 20.2. The lowest BCUT2D eigenvalue weighted by atomic mass is 10.1. The van der Waals surface area contributed by atoms with Gasteiger partial charge in [-0.05, 0) is 29.8 Å². The minimum atomic E-state index is -0.473. The molecule has 8 nitrogen and oxygen atoms in total. The van der Waals surface area contributed by atoms with Crippen molar-refractivity contribution in [2.45, 2.75) is 10.4 Å². The van der Waals surface area contributed by atoms with E-state index in [4.69, 9.17) is 15.3 Å². The Kier molecular flexibility index (Phi) is 6.20. The number of ether oxygens (including phenoxy) is 2. The molecule has 0 saturated carbocycles. The number of hydrogen-bond donors (Lipinski definition) is 1. The van der Waals surface area contributed by atoms with E-state index in [0.717, 1.165) is 16.9 Å². The van der Waals surface area contributed by atoms with Crippen molar-refractivity contribution >= 4 is 17.7 Å². The van der Waals surface area contributed by atoms with E-state index in [0.29, 0.717) is 37.3 Å². The van der Waals surface area contributed by atoms with Crippen LogP contribution in [0.4, 0.5) is 0 Å². The molecule has 1 aliphatic heterocycles. The van der Waals surface area contributed by atoms with Crippen LogP contribution in [0.3, 0.4) is 0 Å². The van der Waals surface area contributed by atoms with Crippen LogP contribution in [0.2, 0.25) is 0 Å². The van der Waals surface area contributed by atoms with Crippen LogP contribution in [0.15, 0.2) is 59.8 Å². The smallest absolute Gasteiger partial charge is 0.240 e. The maximum absolute atomic E-state index is 13.3. The number of benzene rings is 2. The third-order valence-electron chi connectivity index (χ3n) is 4.89. The number of nitrogen functional groups attached to an aromatic ring is 1. The van der Waals surface area contributed by atoms with Gasteiger partial charge in [0, 0.05) is 18.7 Å². The van der Waals surface area contributed by atoms with Crippen molar-refractivity contribution < 1.29 is 14.3 Å². The summed E-state index contributed by atoms with van der Waals surface area (Å²) in [5.74, 6) is 7.59. The van der Waals surface area contributed by atoms with E-state index in [-0.39, 0.29) is 5.91 Å². The second-order valence-corrected chi connectivity index (χ2v) is 7.82. The first-order valence-electron chi connectivity index (χ1n) is 9.60. The molecule has 0 spiro atoms. The second kappa shape index (κ2) is 9.19. The predicted octanol–water partition coefficient (Wildman–Crippen LogP) is 2.36. The van der Waals surface area contributed by atoms with E-state index >= 15 is 0 Å². The Hall–Kier alpha value is -3.04. The third kappa shape index (κ3) is 4.27. The van der Waals surface area contributed by atoms with Gasteiger partial charge in [-0.3, -0.25) is 4.79 Å². The molecule has 0 bridgehead atoms. The number of carbonyl (C=O) groups is 1. The Labute approximate surface area is 179 Å². The number of thioether (sulfide) groups is 1. The van der Waals surface area contributed by atoms with Gasteiger partial charge in [0.2, 0.25) is 11.1 Å². The van der Waals surface area contributed by atoms with E-state index in [9.17, 15) is 4.79 Å². The summed E-state index contributed by atoms with van der Waals surface area (Å²) in [7, 11) is 1.62. The number of nitrogens with zero attached hydrogens (tertiary/aromatic N) is 4. The zero-order chi connectivity index (χ0) is 20.9. The molecule has 3 aromatic rings. The fourth-order valence-corrected chi connectivity index (χ4v) is 4.28. The fraction of sp³-hybridized carbons (Fsp3) is 0.286. The molecule has 0 aliphatic carbocycles. The molecule has 2 aromatic carbocycles. The highest BCUT2D eigenvalue weighted by Crippen LogP contribution is 2.36. The molecule has 0 radical (unpaired) electrons. The van der Waals surface area contributed by atoms with E-state index < -0.39 is 5.25 Å². The van der Waals surface area contributed by atoms with Crippen molar-refractivity contribution in [3.05, 3.63) is 60.2 Å². The number of morpholine rings is 1. The molecule has 1 fully saturated rings. The Balaban J connectivity index is 1.61. The highest BCUT2D eigenvalue weighted by Gasteiger charge is 2.30. The fourth-order valence-electron chi connectivity index (χ4n) is 3.24. The van der Waals surface area contributed by atoms with E-state index in [2.05, 4.69) is 10.2 Å². The van der Waals surface area contributed by atoms with Gasteiger partial charge in [-0.2, -0.15) is 0 Å². The molecule has 9 heteroatoms. The zero-order valence-electron chi connectivity index (χ0n) is 16.6. The summed E-state index contributed by atoms with van der Waals surface area (Å²) in [6.07, 6.45) is 0. The first-order valence-corrected chi connectivity index (χ1v) is 10.5. The van der Waals surface area contributed by atoms with Gasteiger partial charge >= 0.3 is 0 Å². The zero-order valence-corrected chi connectivity index (χ0v) is 17.4. The van der Waals surface area contributed by atoms with Gasteiger partial charge < -0.3 is 20.2 Å². The molecule has 30 heavy (non-hydrogen) atoms. The van der Waals surface area contributed by atoms with Crippen LogP contribution in [-0.2, 0) is 9.53 Å². The molecule has 156 valence electrons. The number of carbonyl (C=O) groups excluding carboxylic acids is 1. The SMILES string of the molecule is COc1ccc(-c2nnc(S[C@H](C(=O)N3CCOCC3)c3ccccc3)n2N)cc1. The summed E-state index contributed by atoms with van der Waals surface area (Å²) in [5, 5.41) is 8.49. The quantitative estimate of drug-likeness (QED) is 0.478. The standard InChI is InChI=1S/C21H23N5O3S/c1-28-17-9-7-16(8-10-17)19-23-24-21(26(19)22)30-18(15-5-3-2-4-6-15)20(27)25-11-13-29-14-12-25/h2-10,18H,11-14,22H2,1H3/t18-/m0/s1. The summed E-state index contributed by atoms with van der Waals surface area (Å²) >= 11 is 1.30. The van der Waals surface area contributed by atoms with Crippen LogP contribution in [0.1, 0.15) is 10.8 Å². The molecule has 0 unspecified atom stereocenters. The van der Waals surface area contributed by atoms with Crippen molar-refractivity contribution in [3.8, 4) is 17.1 Å². The number of hydrogen-bond acceptors (Lipinski definition) is 7. The van der Waals surface area contributed by atoms with Crippen LogP contribution in [0.25, 0.3) is 11.4 Å². The van der Waals surface area contributed by atoms with Crippen LogP contribution < -0.4 is 10.6 Å². The summed E-state index contributed by atoms with van der Waals surface area (Å²) < 4.78 is 12.0. The summed E-state index contributed by atoms with van der Waals surface area (Å²) in [4.78, 5) is 15.1.